The zero-order valence-electron chi connectivity index (χ0n) is 20.2. The molecule has 35 heavy (non-hydrogen) atoms. The number of aromatic nitrogens is 3. The van der Waals surface area contributed by atoms with E-state index in [1.54, 1.807) is 20.0 Å². The van der Waals surface area contributed by atoms with Crippen LogP contribution in [0.15, 0.2) is 30.5 Å². The van der Waals surface area contributed by atoms with E-state index >= 15 is 4.39 Å². The van der Waals surface area contributed by atoms with Crippen LogP contribution in [0.25, 0.3) is 10.9 Å². The second-order valence-corrected chi connectivity index (χ2v) is 9.58. The van der Waals surface area contributed by atoms with E-state index in [-0.39, 0.29) is 5.56 Å². The Morgan fingerprint density at radius 1 is 1.17 bits per heavy atom. The molecule has 2 aromatic heterocycles. The summed E-state index contributed by atoms with van der Waals surface area (Å²) < 4.78 is 43.9. The minimum Gasteiger partial charge on any atom is -0.390 e. The Labute approximate surface area is 202 Å². The number of aliphatic hydroxyl groups excluding tert-OH is 1. The number of anilines is 2. The molecule has 0 saturated carbocycles. The minimum absolute atomic E-state index is 0.0146. The van der Waals surface area contributed by atoms with Gasteiger partial charge in [-0.25, -0.2) is 4.39 Å². The summed E-state index contributed by atoms with van der Waals surface area (Å²) in [6.07, 6.45) is 0.984. The van der Waals surface area contributed by atoms with Crippen LogP contribution in [-0.2, 0) is 5.92 Å². The normalized spacial score (nSPS) is 17.9. The standard InChI is InChI=1S/C25H30F3N5O2/c1-14(18-6-5-7-20(21(18)26)25(27,28)16(3)34)30-23-19-12-17(13-29-22(19)15(2)31-32-23)33-10-8-24(4,35)9-11-33/h5-7,12-14,16,34-35H,8-11H2,1-4H3,(H,30,32)/t14-,16?/m1/s1. The lowest BCUT2D eigenvalue weighted by atomic mass is 9.93. The van der Waals surface area contributed by atoms with Crippen molar-refractivity contribution in [2.75, 3.05) is 23.3 Å². The molecule has 1 saturated heterocycles. The number of hydrogen-bond donors (Lipinski definition) is 3. The smallest absolute Gasteiger partial charge is 0.301 e. The summed E-state index contributed by atoms with van der Waals surface area (Å²) in [5.74, 6) is -4.46. The third-order valence-corrected chi connectivity index (χ3v) is 6.71. The Kier molecular flexibility index (Phi) is 6.63. The Hall–Kier alpha value is -2.98. The van der Waals surface area contributed by atoms with Crippen LogP contribution in [0.1, 0.15) is 56.5 Å². The largest absolute Gasteiger partial charge is 0.390 e. The maximum Gasteiger partial charge on any atom is 0.301 e. The number of aryl methyl sites for hydroxylation is 1. The zero-order chi connectivity index (χ0) is 25.5. The first-order chi connectivity index (χ1) is 16.4. The quantitative estimate of drug-likeness (QED) is 0.470. The summed E-state index contributed by atoms with van der Waals surface area (Å²) >= 11 is 0. The third-order valence-electron chi connectivity index (χ3n) is 6.71. The van der Waals surface area contributed by atoms with E-state index in [2.05, 4.69) is 25.4 Å². The number of nitrogens with zero attached hydrogens (tertiary/aromatic N) is 4. The first-order valence-corrected chi connectivity index (χ1v) is 11.6. The van der Waals surface area contributed by atoms with Gasteiger partial charge in [-0.15, -0.1) is 5.10 Å². The van der Waals surface area contributed by atoms with Gasteiger partial charge in [0.25, 0.3) is 0 Å². The number of rotatable bonds is 6. The van der Waals surface area contributed by atoms with Crippen LogP contribution >= 0.6 is 0 Å². The molecule has 0 spiro atoms. The summed E-state index contributed by atoms with van der Waals surface area (Å²) in [6.45, 7) is 7.53. The molecule has 2 atom stereocenters. The fourth-order valence-corrected chi connectivity index (χ4v) is 4.32. The molecule has 0 aliphatic carbocycles. The summed E-state index contributed by atoms with van der Waals surface area (Å²) in [5.41, 5.74) is 0.576. The van der Waals surface area contributed by atoms with Gasteiger partial charge in [0.05, 0.1) is 40.3 Å². The van der Waals surface area contributed by atoms with E-state index in [1.165, 1.54) is 12.1 Å². The Morgan fingerprint density at radius 2 is 1.86 bits per heavy atom. The predicted octanol–water partition coefficient (Wildman–Crippen LogP) is 4.47. The molecular formula is C25H30F3N5O2. The van der Waals surface area contributed by atoms with Gasteiger partial charge >= 0.3 is 5.92 Å². The van der Waals surface area contributed by atoms with Gasteiger partial charge < -0.3 is 20.4 Å². The first kappa shape index (κ1) is 25.1. The number of pyridine rings is 1. The fraction of sp³-hybridized carbons (Fsp3) is 0.480. The Morgan fingerprint density at radius 3 is 2.51 bits per heavy atom. The van der Waals surface area contributed by atoms with Crippen LogP contribution in [0.5, 0.6) is 0 Å². The highest BCUT2D eigenvalue weighted by molar-refractivity contribution is 5.92. The van der Waals surface area contributed by atoms with Crippen LogP contribution in [0.4, 0.5) is 24.7 Å². The molecule has 7 nitrogen and oxygen atoms in total. The molecule has 1 fully saturated rings. The lowest BCUT2D eigenvalue weighted by Crippen LogP contribution is -2.42. The van der Waals surface area contributed by atoms with E-state index in [1.807, 2.05) is 13.0 Å². The second-order valence-electron chi connectivity index (χ2n) is 9.58. The van der Waals surface area contributed by atoms with Crippen LogP contribution in [0.2, 0.25) is 0 Å². The molecule has 3 N–H and O–H groups in total. The van der Waals surface area contributed by atoms with Gasteiger partial charge in [-0.1, -0.05) is 12.1 Å². The number of hydrogen-bond acceptors (Lipinski definition) is 7. The van der Waals surface area contributed by atoms with E-state index in [9.17, 15) is 19.0 Å². The Bertz CT molecular complexity index is 1230. The van der Waals surface area contributed by atoms with Crippen molar-refractivity contribution in [3.05, 3.63) is 53.1 Å². The monoisotopic (exact) mass is 489 g/mol. The average molecular weight is 490 g/mol. The van der Waals surface area contributed by atoms with E-state index in [0.717, 1.165) is 18.7 Å². The number of fused-ring (bicyclic) bond motifs is 1. The molecule has 3 heterocycles. The summed E-state index contributed by atoms with van der Waals surface area (Å²) in [7, 11) is 0. The van der Waals surface area contributed by atoms with Gasteiger partial charge in [0, 0.05) is 24.0 Å². The van der Waals surface area contributed by atoms with Gasteiger partial charge in [0.2, 0.25) is 0 Å². The highest BCUT2D eigenvalue weighted by Crippen LogP contribution is 2.37. The fourth-order valence-electron chi connectivity index (χ4n) is 4.32. The zero-order valence-corrected chi connectivity index (χ0v) is 20.2. The second kappa shape index (κ2) is 9.23. The molecule has 0 radical (unpaired) electrons. The number of nitrogens with one attached hydrogen (secondary N) is 1. The van der Waals surface area contributed by atoms with Gasteiger partial charge in [-0.05, 0) is 52.7 Å². The number of alkyl halides is 2. The SMILES string of the molecule is Cc1nnc(N[C@H](C)c2cccc(C(F)(F)C(C)O)c2F)c2cc(N3CCC(C)(O)CC3)cnc12. The maximum absolute atomic E-state index is 15.1. The number of halogens is 3. The average Bonchev–Trinajstić information content (AvgIpc) is 2.80. The number of piperidine rings is 1. The van der Waals surface area contributed by atoms with E-state index < -0.39 is 35.1 Å². The van der Waals surface area contributed by atoms with Crippen molar-refractivity contribution in [2.24, 2.45) is 0 Å². The van der Waals surface area contributed by atoms with Crippen molar-refractivity contribution in [3.63, 3.8) is 0 Å². The van der Waals surface area contributed by atoms with Crippen molar-refractivity contribution in [1.82, 2.24) is 15.2 Å². The molecule has 0 bridgehead atoms. The molecule has 10 heteroatoms. The van der Waals surface area contributed by atoms with E-state index in [0.29, 0.717) is 48.3 Å². The van der Waals surface area contributed by atoms with Gasteiger partial charge in [-0.2, -0.15) is 13.9 Å². The van der Waals surface area contributed by atoms with Gasteiger partial charge in [-0.3, -0.25) is 4.98 Å². The topological polar surface area (TPSA) is 94.4 Å². The maximum atomic E-state index is 15.1. The molecule has 4 rings (SSSR count). The van der Waals surface area contributed by atoms with Crippen molar-refractivity contribution < 1.29 is 23.4 Å². The highest BCUT2D eigenvalue weighted by atomic mass is 19.3. The van der Waals surface area contributed by atoms with Gasteiger partial charge in [0.15, 0.2) is 5.82 Å². The highest BCUT2D eigenvalue weighted by Gasteiger charge is 2.40. The molecule has 1 unspecified atom stereocenters. The molecule has 1 aliphatic rings. The van der Waals surface area contributed by atoms with Crippen LogP contribution in [0.3, 0.4) is 0 Å². The van der Waals surface area contributed by atoms with E-state index in [4.69, 9.17) is 0 Å². The predicted molar refractivity (Wildman–Crippen MR) is 128 cm³/mol. The minimum atomic E-state index is -3.73. The Balaban J connectivity index is 1.67. The number of benzene rings is 1. The number of aliphatic hydroxyl groups is 2. The lowest BCUT2D eigenvalue weighted by molar-refractivity contribution is -0.108. The van der Waals surface area contributed by atoms with Crippen molar-refractivity contribution >= 4 is 22.4 Å². The molecule has 1 aliphatic heterocycles. The molecule has 1 aromatic carbocycles. The molecular weight excluding hydrogens is 459 g/mol. The summed E-state index contributed by atoms with van der Waals surface area (Å²) in [5, 5.41) is 31.9. The van der Waals surface area contributed by atoms with Crippen LogP contribution in [0, 0.1) is 12.7 Å². The van der Waals surface area contributed by atoms with Crippen molar-refractivity contribution in [2.45, 2.75) is 64.2 Å². The van der Waals surface area contributed by atoms with Crippen molar-refractivity contribution in [3.8, 4) is 0 Å². The molecule has 188 valence electrons. The third kappa shape index (κ3) is 4.90. The molecule has 0 amide bonds. The first-order valence-electron chi connectivity index (χ1n) is 11.6. The van der Waals surface area contributed by atoms with Crippen molar-refractivity contribution in [1.29, 1.82) is 0 Å². The summed E-state index contributed by atoms with van der Waals surface area (Å²) in [6, 6.07) is 4.93. The summed E-state index contributed by atoms with van der Waals surface area (Å²) in [4.78, 5) is 6.70. The van der Waals surface area contributed by atoms with Crippen LogP contribution in [-0.4, -0.2) is 50.2 Å². The van der Waals surface area contributed by atoms with Crippen LogP contribution < -0.4 is 10.2 Å². The van der Waals surface area contributed by atoms with Gasteiger partial charge in [0.1, 0.15) is 11.9 Å². The molecule has 3 aromatic rings. The lowest BCUT2D eigenvalue weighted by Gasteiger charge is -2.37.